The highest BCUT2D eigenvalue weighted by Crippen LogP contribution is 2.45. The topological polar surface area (TPSA) is 228 Å². The van der Waals surface area contributed by atoms with E-state index in [1.165, 1.54) is 12.1 Å². The Morgan fingerprint density at radius 3 is 1.90 bits per heavy atom. The number of carbonyl (C=O) groups is 3. The lowest BCUT2D eigenvalue weighted by molar-refractivity contribution is -0.125. The zero-order valence-corrected chi connectivity index (χ0v) is 26.8. The Morgan fingerprint density at radius 1 is 0.863 bits per heavy atom. The first-order valence-corrected chi connectivity index (χ1v) is 16.5. The number of carboxylic acids is 1. The lowest BCUT2D eigenvalue weighted by Crippen LogP contribution is -2.46. The molecular formula is C31H21F5N2O11PS+. The number of phosphoric ester groups is 1. The lowest BCUT2D eigenvalue weighted by atomic mass is 9.92. The quantitative estimate of drug-likeness (QED) is 0.0233. The van der Waals surface area contributed by atoms with Gasteiger partial charge < -0.3 is 30.9 Å². The van der Waals surface area contributed by atoms with Gasteiger partial charge in [0.2, 0.25) is 11.8 Å². The number of hydrogen-bond acceptors (Lipinski definition) is 8. The number of hydrogen-bond donors (Lipinski definition) is 7. The molecule has 0 saturated carbocycles. The molecule has 1 aromatic heterocycles. The molecule has 13 nitrogen and oxygen atoms in total. The van der Waals surface area contributed by atoms with E-state index in [9.17, 15) is 43.0 Å². The molecule has 266 valence electrons. The van der Waals surface area contributed by atoms with Crippen molar-refractivity contribution >= 4 is 59.3 Å². The predicted molar refractivity (Wildman–Crippen MR) is 168 cm³/mol. The van der Waals surface area contributed by atoms with Crippen LogP contribution >= 0.6 is 19.6 Å². The number of phenolic OH excluding ortho intramolecular Hbond substituents is 2. The van der Waals surface area contributed by atoms with Crippen LogP contribution in [0, 0.1) is 29.1 Å². The Kier molecular flexibility index (Phi) is 10.1. The Labute approximate surface area is 285 Å². The second-order valence-corrected chi connectivity index (χ2v) is 12.8. The maximum atomic E-state index is 16.4. The fourth-order valence-corrected chi connectivity index (χ4v) is 6.24. The van der Waals surface area contributed by atoms with E-state index in [0.29, 0.717) is 29.8 Å². The maximum Gasteiger partial charge on any atom is 0.524 e. The molecule has 4 aromatic carbocycles. The van der Waals surface area contributed by atoms with Crippen LogP contribution in [0.2, 0.25) is 0 Å². The van der Waals surface area contributed by atoms with Crippen LogP contribution in [-0.4, -0.2) is 54.7 Å². The van der Waals surface area contributed by atoms with Gasteiger partial charge in [-0.1, -0.05) is 12.1 Å². The molecule has 1 unspecified atom stereocenters. The van der Waals surface area contributed by atoms with Gasteiger partial charge in [-0.2, -0.15) is 0 Å². The molecule has 5 rings (SSSR count). The number of nitrogens with two attached hydrogens (primary N) is 1. The number of nitrogens with one attached hydrogen (secondary N) is 1. The van der Waals surface area contributed by atoms with Crippen molar-refractivity contribution in [3.63, 3.8) is 0 Å². The van der Waals surface area contributed by atoms with Gasteiger partial charge in [0.15, 0.2) is 34.8 Å². The third-order valence-corrected chi connectivity index (χ3v) is 8.72. The first-order valence-electron chi connectivity index (χ1n) is 14.0. The molecule has 0 bridgehead atoms. The van der Waals surface area contributed by atoms with Crippen LogP contribution in [0.1, 0.15) is 15.9 Å². The Balaban J connectivity index is 1.54. The summed E-state index contributed by atoms with van der Waals surface area (Å²) in [7, 11) is -4.86. The minimum atomic E-state index is -4.86. The molecule has 0 radical (unpaired) electrons. The second kappa shape index (κ2) is 14.0. The summed E-state index contributed by atoms with van der Waals surface area (Å²) in [6, 6.07) is 5.93. The molecule has 0 aliphatic heterocycles. The number of amides is 2. The van der Waals surface area contributed by atoms with Crippen LogP contribution in [0.5, 0.6) is 17.2 Å². The maximum absolute atomic E-state index is 16.4. The molecule has 2 amide bonds. The third kappa shape index (κ3) is 7.65. The van der Waals surface area contributed by atoms with Gasteiger partial charge in [-0.15, -0.1) is 11.8 Å². The van der Waals surface area contributed by atoms with Gasteiger partial charge in [-0.05, 0) is 29.8 Å². The van der Waals surface area contributed by atoms with E-state index in [-0.39, 0.29) is 23.9 Å². The standard InChI is InChI=1S/C31H20F5N2O11PS/c32-15-6-13-20(8-18(15)39)48-21-9-19(40)16(33)7-14(21)23(13)24-25(31(43)44)26(34)28(36)29(27(24)35)51-10-22(41)38-17(30(37)42)5-11-1-3-12(4-2-11)49-50(45,46)47/h1-4,6-9,17H,5,10H2,(H7-,37,38,39,40,41,42,43,44,45,46,47)/p+1. The summed E-state index contributed by atoms with van der Waals surface area (Å²) in [5.74, 6) is -16.1. The minimum absolute atomic E-state index is 0.0253. The number of halogens is 5. The summed E-state index contributed by atoms with van der Waals surface area (Å²) in [6.07, 6.45) is -0.270. The average molecular weight is 756 g/mol. The summed E-state index contributed by atoms with van der Waals surface area (Å²) in [4.78, 5) is 53.7. The highest BCUT2D eigenvalue weighted by molar-refractivity contribution is 8.00. The molecule has 0 saturated heterocycles. The van der Waals surface area contributed by atoms with Crippen LogP contribution < -0.4 is 15.6 Å². The van der Waals surface area contributed by atoms with Gasteiger partial charge in [0.05, 0.1) is 33.6 Å². The number of fused-ring (bicyclic) bond motifs is 2. The molecule has 20 heteroatoms. The summed E-state index contributed by atoms with van der Waals surface area (Å²) >= 11 is 0.0253. The zero-order valence-electron chi connectivity index (χ0n) is 25.1. The van der Waals surface area contributed by atoms with E-state index in [1.54, 1.807) is 0 Å². The molecule has 0 spiro atoms. The molecule has 1 heterocycles. The lowest BCUT2D eigenvalue weighted by Gasteiger charge is -2.17. The van der Waals surface area contributed by atoms with Gasteiger partial charge in [-0.25, -0.2) is 35.7 Å². The number of primary amides is 1. The number of rotatable bonds is 11. The first-order chi connectivity index (χ1) is 23.9. The van der Waals surface area contributed by atoms with Crippen molar-refractivity contribution < 1.29 is 74.9 Å². The van der Waals surface area contributed by atoms with Crippen molar-refractivity contribution in [2.75, 3.05) is 5.75 Å². The number of carboxylic acid groups (broad SMARTS) is 1. The molecule has 5 aromatic rings. The van der Waals surface area contributed by atoms with E-state index >= 15 is 13.2 Å². The van der Waals surface area contributed by atoms with Gasteiger partial charge in [0.1, 0.15) is 23.2 Å². The van der Waals surface area contributed by atoms with E-state index in [0.717, 1.165) is 12.1 Å². The number of carbonyl (C=O) groups excluding carboxylic acids is 2. The fraction of sp³-hybridized carbons (Fsp3) is 0.0968. The van der Waals surface area contributed by atoms with Gasteiger partial charge in [0, 0.05) is 17.5 Å². The third-order valence-electron chi connectivity index (χ3n) is 7.21. The molecule has 51 heavy (non-hydrogen) atoms. The van der Waals surface area contributed by atoms with Crippen molar-refractivity contribution in [1.29, 1.82) is 0 Å². The average Bonchev–Trinajstić information content (AvgIpc) is 3.03. The summed E-state index contributed by atoms with van der Waals surface area (Å²) in [5, 5.41) is 30.8. The largest absolute Gasteiger partial charge is 0.524 e. The Bertz CT molecular complexity index is 2260. The number of thioether (sulfide) groups is 1. The number of phenols is 2. The highest BCUT2D eigenvalue weighted by atomic mass is 32.2. The zero-order chi connectivity index (χ0) is 37.5. The summed E-state index contributed by atoms with van der Waals surface area (Å²) in [5.41, 5.74) is 1.17. The van der Waals surface area contributed by atoms with E-state index in [2.05, 4.69) is 9.84 Å². The molecular weight excluding hydrogens is 734 g/mol. The van der Waals surface area contributed by atoms with Crippen molar-refractivity contribution in [1.82, 2.24) is 5.32 Å². The van der Waals surface area contributed by atoms with Crippen molar-refractivity contribution in [3.8, 4) is 28.4 Å². The van der Waals surface area contributed by atoms with Crippen LogP contribution in [0.25, 0.3) is 33.1 Å². The number of aromatic hydroxyl groups is 2. The second-order valence-electron chi connectivity index (χ2n) is 10.6. The SMILES string of the molecule is NC(=O)C(Cc1ccc(OP(=O)(O)O)cc1)NC(=O)CSc1c(F)c(F)c(C(=O)O)c(-c2c3cc(F)c(O)cc3[o+]c3cc(O)c(F)cc23)c1F. The molecule has 8 N–H and O–H groups in total. The molecule has 0 aliphatic carbocycles. The van der Waals surface area contributed by atoms with Crippen molar-refractivity contribution in [2.24, 2.45) is 5.73 Å². The number of aromatic carboxylic acids is 1. The van der Waals surface area contributed by atoms with E-state index < -0.39 is 122 Å². The van der Waals surface area contributed by atoms with Crippen molar-refractivity contribution in [2.45, 2.75) is 17.4 Å². The van der Waals surface area contributed by atoms with Crippen molar-refractivity contribution in [3.05, 3.63) is 88.7 Å². The fourth-order valence-electron chi connectivity index (χ4n) is 5.03. The number of phosphoric acid groups is 1. The smallest absolute Gasteiger partial charge is 0.505 e. The van der Waals surface area contributed by atoms with E-state index in [1.807, 2.05) is 0 Å². The molecule has 0 fully saturated rings. The normalized spacial score (nSPS) is 12.2. The predicted octanol–water partition coefficient (Wildman–Crippen LogP) is 5.12. The molecule has 1 atom stereocenters. The molecule has 0 aliphatic rings. The van der Waals surface area contributed by atoms with Crippen LogP contribution in [-0.2, 0) is 20.6 Å². The summed E-state index contributed by atoms with van der Waals surface area (Å²) < 4.78 is 97.4. The van der Waals surface area contributed by atoms with Crippen LogP contribution in [0.4, 0.5) is 22.0 Å². The minimum Gasteiger partial charge on any atom is -0.505 e. The summed E-state index contributed by atoms with van der Waals surface area (Å²) in [6.45, 7) is 0. The first kappa shape index (κ1) is 36.8. The van der Waals surface area contributed by atoms with Gasteiger partial charge in [0.25, 0.3) is 0 Å². The van der Waals surface area contributed by atoms with Gasteiger partial charge in [-0.3, -0.25) is 19.4 Å². The Hall–Kier alpha value is -5.49. The van der Waals surface area contributed by atoms with E-state index in [4.69, 9.17) is 19.9 Å². The van der Waals surface area contributed by atoms with Crippen LogP contribution in [0.15, 0.2) is 57.8 Å². The Morgan fingerprint density at radius 2 is 1.41 bits per heavy atom. The monoisotopic (exact) mass is 755 g/mol. The van der Waals surface area contributed by atoms with Crippen LogP contribution in [0.3, 0.4) is 0 Å². The number of benzene rings is 4. The van der Waals surface area contributed by atoms with Gasteiger partial charge >= 0.3 is 25.0 Å². The highest BCUT2D eigenvalue weighted by Gasteiger charge is 2.35.